The Labute approximate surface area is 125 Å². The Balaban J connectivity index is 1.50. The van der Waals surface area contributed by atoms with Crippen LogP contribution in [0.2, 0.25) is 0 Å². The number of aliphatic hydroxyl groups is 1. The first kappa shape index (κ1) is 14.5. The molecule has 21 heavy (non-hydrogen) atoms. The molecule has 1 saturated heterocycles. The Hall–Kier alpha value is -1.46. The van der Waals surface area contributed by atoms with Gasteiger partial charge in [-0.1, -0.05) is 6.07 Å². The lowest BCUT2D eigenvalue weighted by Gasteiger charge is -2.36. The van der Waals surface area contributed by atoms with Gasteiger partial charge in [0, 0.05) is 45.1 Å². The maximum absolute atomic E-state index is 12.4. The molecule has 0 bridgehead atoms. The van der Waals surface area contributed by atoms with Crippen LogP contribution < -0.4 is 0 Å². The number of aliphatic hydroxyl groups excluding tert-OH is 1. The number of piperazine rings is 1. The summed E-state index contributed by atoms with van der Waals surface area (Å²) in [7, 11) is 0. The Kier molecular flexibility index (Phi) is 4.51. The molecule has 0 radical (unpaired) electrons. The van der Waals surface area contributed by atoms with E-state index in [1.54, 1.807) is 6.20 Å². The highest BCUT2D eigenvalue weighted by molar-refractivity contribution is 5.79. The molecule has 1 aromatic heterocycles. The first-order valence-corrected chi connectivity index (χ1v) is 7.82. The van der Waals surface area contributed by atoms with Crippen molar-refractivity contribution in [1.29, 1.82) is 0 Å². The molecule has 5 heteroatoms. The van der Waals surface area contributed by atoms with E-state index in [1.807, 2.05) is 17.2 Å². The van der Waals surface area contributed by atoms with Crippen LogP contribution in [0.4, 0.5) is 0 Å². The zero-order valence-corrected chi connectivity index (χ0v) is 12.3. The van der Waals surface area contributed by atoms with Crippen LogP contribution in [0.1, 0.15) is 24.8 Å². The summed E-state index contributed by atoms with van der Waals surface area (Å²) in [6.07, 6.45) is 5.84. The number of amides is 1. The first-order chi connectivity index (χ1) is 10.2. The molecule has 1 aliphatic carbocycles. The lowest BCUT2D eigenvalue weighted by atomic mass is 10.0. The Morgan fingerprint density at radius 2 is 2.10 bits per heavy atom. The standard InChI is InChI=1S/C16H23N3O2/c20-15-5-1-4-14(15)16(21)19-9-7-18(8-10-19)12-13-3-2-6-17-11-13/h2-3,6,11,14-15,20H,1,4-5,7-10,12H2. The molecule has 3 rings (SSSR count). The van der Waals surface area contributed by atoms with Crippen molar-refractivity contribution in [3.8, 4) is 0 Å². The molecule has 2 fully saturated rings. The highest BCUT2D eigenvalue weighted by Crippen LogP contribution is 2.27. The molecule has 2 aliphatic rings. The zero-order chi connectivity index (χ0) is 14.7. The molecule has 1 saturated carbocycles. The summed E-state index contributed by atoms with van der Waals surface area (Å²) in [4.78, 5) is 20.8. The summed E-state index contributed by atoms with van der Waals surface area (Å²) in [5.74, 6) is -0.00380. The molecule has 1 aromatic rings. The number of rotatable bonds is 3. The SMILES string of the molecule is O=C(C1CCCC1O)N1CCN(Cc2cccnc2)CC1. The number of carbonyl (C=O) groups is 1. The largest absolute Gasteiger partial charge is 0.392 e. The monoisotopic (exact) mass is 289 g/mol. The van der Waals surface area contributed by atoms with E-state index in [1.165, 1.54) is 5.56 Å². The minimum Gasteiger partial charge on any atom is -0.392 e. The predicted octanol–water partition coefficient (Wildman–Crippen LogP) is 0.887. The summed E-state index contributed by atoms with van der Waals surface area (Å²) >= 11 is 0. The third-order valence-electron chi connectivity index (χ3n) is 4.61. The zero-order valence-electron chi connectivity index (χ0n) is 12.3. The first-order valence-electron chi connectivity index (χ1n) is 7.82. The number of pyridine rings is 1. The molecule has 2 atom stereocenters. The van der Waals surface area contributed by atoms with E-state index in [-0.39, 0.29) is 11.8 Å². The number of nitrogens with zero attached hydrogens (tertiary/aromatic N) is 3. The number of carbonyl (C=O) groups excluding carboxylic acids is 1. The molecule has 1 aliphatic heterocycles. The van der Waals surface area contributed by atoms with Gasteiger partial charge < -0.3 is 10.0 Å². The number of aromatic nitrogens is 1. The van der Waals surface area contributed by atoms with E-state index < -0.39 is 6.10 Å². The highest BCUT2D eigenvalue weighted by Gasteiger charge is 2.35. The molecule has 1 N–H and O–H groups in total. The van der Waals surface area contributed by atoms with Gasteiger partial charge in [-0.15, -0.1) is 0 Å². The molecular formula is C16H23N3O2. The van der Waals surface area contributed by atoms with Crippen LogP contribution in [0.5, 0.6) is 0 Å². The lowest BCUT2D eigenvalue weighted by Crippen LogP contribution is -2.50. The van der Waals surface area contributed by atoms with Gasteiger partial charge in [-0.2, -0.15) is 0 Å². The molecule has 1 amide bonds. The van der Waals surface area contributed by atoms with Gasteiger partial charge in [0.1, 0.15) is 0 Å². The molecule has 2 unspecified atom stereocenters. The second kappa shape index (κ2) is 6.54. The van der Waals surface area contributed by atoms with Crippen LogP contribution in [0.15, 0.2) is 24.5 Å². The molecule has 114 valence electrons. The van der Waals surface area contributed by atoms with Gasteiger partial charge in [0.15, 0.2) is 0 Å². The maximum atomic E-state index is 12.4. The predicted molar refractivity (Wildman–Crippen MR) is 79.4 cm³/mol. The Morgan fingerprint density at radius 3 is 2.71 bits per heavy atom. The molecule has 0 spiro atoms. The van der Waals surface area contributed by atoms with E-state index in [9.17, 15) is 9.90 Å². The van der Waals surface area contributed by atoms with Gasteiger partial charge in [0.25, 0.3) is 0 Å². The van der Waals surface area contributed by atoms with Crippen LogP contribution in [-0.2, 0) is 11.3 Å². The maximum Gasteiger partial charge on any atom is 0.228 e. The summed E-state index contributed by atoms with van der Waals surface area (Å²) < 4.78 is 0. The number of hydrogen-bond acceptors (Lipinski definition) is 4. The summed E-state index contributed by atoms with van der Waals surface area (Å²) in [6.45, 7) is 4.21. The van der Waals surface area contributed by atoms with Crippen LogP contribution in [-0.4, -0.2) is 58.1 Å². The van der Waals surface area contributed by atoms with Crippen LogP contribution >= 0.6 is 0 Å². The van der Waals surface area contributed by atoms with Gasteiger partial charge >= 0.3 is 0 Å². The van der Waals surface area contributed by atoms with Gasteiger partial charge in [0.2, 0.25) is 5.91 Å². The van der Waals surface area contributed by atoms with Crippen molar-refractivity contribution in [1.82, 2.24) is 14.8 Å². The minimum absolute atomic E-state index is 0.154. The summed E-state index contributed by atoms with van der Waals surface area (Å²) in [5.41, 5.74) is 1.21. The third-order valence-corrected chi connectivity index (χ3v) is 4.61. The van der Waals surface area contributed by atoms with Crippen molar-refractivity contribution in [2.75, 3.05) is 26.2 Å². The molecule has 0 aromatic carbocycles. The van der Waals surface area contributed by atoms with Crippen molar-refractivity contribution in [3.05, 3.63) is 30.1 Å². The van der Waals surface area contributed by atoms with Gasteiger partial charge in [-0.3, -0.25) is 14.7 Å². The van der Waals surface area contributed by atoms with E-state index in [0.717, 1.165) is 52.0 Å². The van der Waals surface area contributed by atoms with E-state index in [0.29, 0.717) is 0 Å². The van der Waals surface area contributed by atoms with Gasteiger partial charge in [-0.05, 0) is 30.9 Å². The fourth-order valence-electron chi connectivity index (χ4n) is 3.34. The van der Waals surface area contributed by atoms with Crippen LogP contribution in [0.25, 0.3) is 0 Å². The van der Waals surface area contributed by atoms with Gasteiger partial charge in [0.05, 0.1) is 12.0 Å². The fourth-order valence-corrected chi connectivity index (χ4v) is 3.34. The second-order valence-corrected chi connectivity index (χ2v) is 6.07. The average molecular weight is 289 g/mol. The van der Waals surface area contributed by atoms with Crippen molar-refractivity contribution in [2.45, 2.75) is 31.9 Å². The topological polar surface area (TPSA) is 56.7 Å². The van der Waals surface area contributed by atoms with Crippen molar-refractivity contribution in [3.63, 3.8) is 0 Å². The average Bonchev–Trinajstić information content (AvgIpc) is 2.94. The number of hydrogen-bond donors (Lipinski definition) is 1. The highest BCUT2D eigenvalue weighted by atomic mass is 16.3. The summed E-state index contributed by atoms with van der Waals surface area (Å²) in [5, 5.41) is 9.87. The van der Waals surface area contributed by atoms with Crippen LogP contribution in [0.3, 0.4) is 0 Å². The van der Waals surface area contributed by atoms with E-state index in [4.69, 9.17) is 0 Å². The van der Waals surface area contributed by atoms with Crippen molar-refractivity contribution < 1.29 is 9.90 Å². The van der Waals surface area contributed by atoms with Crippen molar-refractivity contribution >= 4 is 5.91 Å². The molecular weight excluding hydrogens is 266 g/mol. The minimum atomic E-state index is -0.425. The quantitative estimate of drug-likeness (QED) is 0.898. The van der Waals surface area contributed by atoms with Crippen molar-refractivity contribution in [2.24, 2.45) is 5.92 Å². The van der Waals surface area contributed by atoms with Gasteiger partial charge in [-0.25, -0.2) is 0 Å². The fraction of sp³-hybridized carbons (Fsp3) is 0.625. The molecule has 2 heterocycles. The van der Waals surface area contributed by atoms with E-state index >= 15 is 0 Å². The van der Waals surface area contributed by atoms with E-state index in [2.05, 4.69) is 16.0 Å². The smallest absolute Gasteiger partial charge is 0.228 e. The van der Waals surface area contributed by atoms with Crippen LogP contribution in [0, 0.1) is 5.92 Å². The Bertz CT molecular complexity index is 472. The third kappa shape index (κ3) is 3.41. The molecule has 5 nitrogen and oxygen atoms in total. The Morgan fingerprint density at radius 1 is 1.29 bits per heavy atom. The second-order valence-electron chi connectivity index (χ2n) is 6.07. The normalized spacial score (nSPS) is 27.0. The lowest BCUT2D eigenvalue weighted by molar-refractivity contribution is -0.140. The summed E-state index contributed by atoms with van der Waals surface area (Å²) in [6, 6.07) is 4.04.